The van der Waals surface area contributed by atoms with E-state index in [1.165, 1.54) is 12.1 Å². The number of amides is 1. The van der Waals surface area contributed by atoms with Crippen molar-refractivity contribution in [2.75, 3.05) is 10.8 Å². The zero-order valence-corrected chi connectivity index (χ0v) is 16.2. The second-order valence-corrected chi connectivity index (χ2v) is 8.52. The summed E-state index contributed by atoms with van der Waals surface area (Å²) in [5, 5.41) is 4.59. The van der Waals surface area contributed by atoms with Gasteiger partial charge in [-0.2, -0.15) is 5.10 Å². The van der Waals surface area contributed by atoms with Crippen molar-refractivity contribution in [1.82, 2.24) is 5.43 Å². The number of hydrogen-bond donors (Lipinski definition) is 1. The lowest BCUT2D eigenvalue weighted by atomic mass is 10.3. The molecule has 3 rings (SSSR count). The van der Waals surface area contributed by atoms with Crippen molar-refractivity contribution in [2.24, 2.45) is 5.10 Å². The minimum absolute atomic E-state index is 0.106. The van der Waals surface area contributed by atoms with E-state index in [0.29, 0.717) is 10.7 Å². The van der Waals surface area contributed by atoms with E-state index in [1.54, 1.807) is 42.5 Å². The van der Waals surface area contributed by atoms with Crippen LogP contribution in [0.15, 0.2) is 64.6 Å². The van der Waals surface area contributed by atoms with Gasteiger partial charge in [-0.1, -0.05) is 29.8 Å². The molecule has 1 fully saturated rings. The molecule has 2 aromatic carbocycles. The van der Waals surface area contributed by atoms with Crippen LogP contribution in [-0.4, -0.2) is 26.6 Å². The van der Waals surface area contributed by atoms with Crippen molar-refractivity contribution in [3.05, 3.63) is 59.6 Å². The number of hydrogen-bond acceptors (Lipinski definition) is 4. The fraction of sp³-hybridized carbons (Fsp3) is 0.263. The molecule has 0 bridgehead atoms. The van der Waals surface area contributed by atoms with Crippen LogP contribution in [0, 0.1) is 0 Å². The molecular weight excluding hydrogens is 386 g/mol. The number of benzene rings is 2. The molecule has 2 aromatic rings. The van der Waals surface area contributed by atoms with E-state index < -0.39 is 15.9 Å². The molecule has 0 unspecified atom stereocenters. The third-order valence-corrected chi connectivity index (χ3v) is 6.29. The fourth-order valence-electron chi connectivity index (χ4n) is 2.84. The molecule has 0 radical (unpaired) electrons. The smallest absolute Gasteiger partial charge is 0.264 e. The van der Waals surface area contributed by atoms with E-state index in [4.69, 9.17) is 11.6 Å². The third kappa shape index (κ3) is 4.87. The maximum Gasteiger partial charge on any atom is 0.264 e. The monoisotopic (exact) mass is 405 g/mol. The van der Waals surface area contributed by atoms with Crippen molar-refractivity contribution < 1.29 is 13.2 Å². The number of nitrogens with one attached hydrogen (secondary N) is 1. The highest BCUT2D eigenvalue weighted by Crippen LogP contribution is 2.25. The van der Waals surface area contributed by atoms with Gasteiger partial charge >= 0.3 is 0 Å². The Labute approximate surface area is 163 Å². The van der Waals surface area contributed by atoms with Crippen LogP contribution in [-0.2, 0) is 14.8 Å². The number of hydrazone groups is 1. The lowest BCUT2D eigenvalue weighted by Gasteiger charge is -2.23. The maximum atomic E-state index is 13.1. The molecule has 1 amide bonds. The lowest BCUT2D eigenvalue weighted by Crippen LogP contribution is -2.39. The van der Waals surface area contributed by atoms with E-state index >= 15 is 0 Å². The molecule has 1 saturated carbocycles. The summed E-state index contributed by atoms with van der Waals surface area (Å²) >= 11 is 5.91. The zero-order valence-electron chi connectivity index (χ0n) is 14.6. The molecule has 0 spiro atoms. The first kappa shape index (κ1) is 19.4. The number of carbonyl (C=O) groups is 1. The van der Waals surface area contributed by atoms with Crippen LogP contribution in [0.1, 0.15) is 25.7 Å². The van der Waals surface area contributed by atoms with E-state index in [-0.39, 0.29) is 11.4 Å². The zero-order chi connectivity index (χ0) is 19.3. The first-order chi connectivity index (χ1) is 13.0. The predicted octanol–water partition coefficient (Wildman–Crippen LogP) is 3.58. The molecule has 1 aliphatic rings. The molecule has 0 atom stereocenters. The van der Waals surface area contributed by atoms with Crippen LogP contribution in [0.5, 0.6) is 0 Å². The van der Waals surface area contributed by atoms with Gasteiger partial charge in [0.2, 0.25) is 0 Å². The van der Waals surface area contributed by atoms with E-state index in [2.05, 4.69) is 10.5 Å². The Morgan fingerprint density at radius 1 is 1.04 bits per heavy atom. The third-order valence-electron chi connectivity index (χ3n) is 4.25. The second-order valence-electron chi connectivity index (χ2n) is 6.22. The predicted molar refractivity (Wildman–Crippen MR) is 106 cm³/mol. The number of rotatable bonds is 6. The van der Waals surface area contributed by atoms with Gasteiger partial charge in [0.05, 0.1) is 10.6 Å². The maximum absolute atomic E-state index is 13.1. The number of halogens is 1. The fourth-order valence-corrected chi connectivity index (χ4v) is 4.41. The Bertz CT molecular complexity index is 920. The normalized spacial score (nSPS) is 14.0. The summed E-state index contributed by atoms with van der Waals surface area (Å²) in [5.74, 6) is -0.496. The summed E-state index contributed by atoms with van der Waals surface area (Å²) in [5.41, 5.74) is 3.77. The minimum Gasteiger partial charge on any atom is -0.271 e. The van der Waals surface area contributed by atoms with E-state index in [9.17, 15) is 13.2 Å². The van der Waals surface area contributed by atoms with E-state index in [1.807, 2.05) is 0 Å². The molecular formula is C19H20ClN3O3S. The molecule has 142 valence electrons. The highest BCUT2D eigenvalue weighted by Gasteiger charge is 2.27. The van der Waals surface area contributed by atoms with Crippen molar-refractivity contribution in [2.45, 2.75) is 30.6 Å². The Morgan fingerprint density at radius 2 is 1.67 bits per heavy atom. The van der Waals surface area contributed by atoms with Crippen LogP contribution in [0.3, 0.4) is 0 Å². The average Bonchev–Trinajstić information content (AvgIpc) is 3.19. The number of sulfonamides is 1. The Kier molecular flexibility index (Phi) is 6.13. The average molecular weight is 406 g/mol. The van der Waals surface area contributed by atoms with Gasteiger partial charge in [-0.3, -0.25) is 9.10 Å². The van der Waals surface area contributed by atoms with Gasteiger partial charge in [-0.15, -0.1) is 0 Å². The van der Waals surface area contributed by atoms with Gasteiger partial charge in [-0.25, -0.2) is 13.8 Å². The van der Waals surface area contributed by atoms with Gasteiger partial charge in [-0.05, 0) is 62.1 Å². The summed E-state index contributed by atoms with van der Waals surface area (Å²) in [7, 11) is -3.92. The summed E-state index contributed by atoms with van der Waals surface area (Å²) in [4.78, 5) is 12.5. The van der Waals surface area contributed by atoms with Crippen molar-refractivity contribution in [3.63, 3.8) is 0 Å². The quantitative estimate of drug-likeness (QED) is 0.746. The standard InChI is InChI=1S/C19H20ClN3O3S/c20-15-10-12-17(13-11-15)23(27(25,26)18-8-2-1-3-9-18)14-19(24)22-21-16-6-4-5-7-16/h1-3,8-13H,4-7,14H2,(H,22,24). The first-order valence-electron chi connectivity index (χ1n) is 8.64. The summed E-state index contributed by atoms with van der Waals surface area (Å²) < 4.78 is 27.2. The second kappa shape index (κ2) is 8.54. The number of carbonyl (C=O) groups excluding carboxylic acids is 1. The van der Waals surface area contributed by atoms with Gasteiger partial charge in [0.15, 0.2) is 0 Å². The Hall–Kier alpha value is -2.38. The highest BCUT2D eigenvalue weighted by atomic mass is 35.5. The minimum atomic E-state index is -3.92. The van der Waals surface area contributed by atoms with Gasteiger partial charge in [0.25, 0.3) is 15.9 Å². The molecule has 0 aromatic heterocycles. The molecule has 0 saturated heterocycles. The Balaban J connectivity index is 1.87. The van der Waals surface area contributed by atoms with Crippen molar-refractivity contribution in [1.29, 1.82) is 0 Å². The van der Waals surface area contributed by atoms with Crippen LogP contribution in [0.4, 0.5) is 5.69 Å². The van der Waals surface area contributed by atoms with Gasteiger partial charge in [0.1, 0.15) is 6.54 Å². The topological polar surface area (TPSA) is 78.8 Å². The van der Waals surface area contributed by atoms with Crippen molar-refractivity contribution in [3.8, 4) is 0 Å². The largest absolute Gasteiger partial charge is 0.271 e. The summed E-state index contributed by atoms with van der Waals surface area (Å²) in [6, 6.07) is 14.3. The number of nitrogens with zero attached hydrogens (tertiary/aromatic N) is 2. The van der Waals surface area contributed by atoms with Crippen LogP contribution in [0.25, 0.3) is 0 Å². The van der Waals surface area contributed by atoms with E-state index in [0.717, 1.165) is 35.7 Å². The molecule has 27 heavy (non-hydrogen) atoms. The molecule has 1 aliphatic carbocycles. The lowest BCUT2D eigenvalue weighted by molar-refractivity contribution is -0.119. The van der Waals surface area contributed by atoms with Gasteiger partial charge in [0, 0.05) is 10.7 Å². The Morgan fingerprint density at radius 3 is 2.30 bits per heavy atom. The first-order valence-corrected chi connectivity index (χ1v) is 10.5. The molecule has 0 aliphatic heterocycles. The van der Waals surface area contributed by atoms with Crippen LogP contribution >= 0.6 is 11.6 Å². The number of anilines is 1. The molecule has 8 heteroatoms. The van der Waals surface area contributed by atoms with Crippen LogP contribution in [0.2, 0.25) is 5.02 Å². The summed E-state index contributed by atoms with van der Waals surface area (Å²) in [6.07, 6.45) is 3.86. The highest BCUT2D eigenvalue weighted by molar-refractivity contribution is 7.92. The summed E-state index contributed by atoms with van der Waals surface area (Å²) in [6.45, 7) is -0.379. The van der Waals surface area contributed by atoms with Crippen molar-refractivity contribution >= 4 is 38.9 Å². The van der Waals surface area contributed by atoms with Crippen LogP contribution < -0.4 is 9.73 Å². The molecule has 0 heterocycles. The van der Waals surface area contributed by atoms with Gasteiger partial charge < -0.3 is 0 Å². The molecule has 6 nitrogen and oxygen atoms in total. The molecule has 1 N–H and O–H groups in total. The SMILES string of the molecule is O=C(CN(c1ccc(Cl)cc1)S(=O)(=O)c1ccccc1)NN=C1CCCC1.